The fourth-order valence-electron chi connectivity index (χ4n) is 2.54. The SMILES string of the molecule is CC(C)(C)c1cncc(CNCc2ncc(-c3ccccc3)[nH]2)c1. The third-order valence-corrected chi connectivity index (χ3v) is 4.00. The Balaban J connectivity index is 1.59. The Bertz CT molecular complexity index is 785. The Kier molecular flexibility index (Phi) is 4.76. The maximum atomic E-state index is 4.45. The van der Waals surface area contributed by atoms with E-state index in [9.17, 15) is 0 Å². The summed E-state index contributed by atoms with van der Waals surface area (Å²) in [5, 5.41) is 3.43. The molecule has 0 unspecified atom stereocenters. The quantitative estimate of drug-likeness (QED) is 0.745. The van der Waals surface area contributed by atoms with E-state index in [-0.39, 0.29) is 5.41 Å². The van der Waals surface area contributed by atoms with Gasteiger partial charge in [0, 0.05) is 18.9 Å². The number of nitrogens with one attached hydrogen (secondary N) is 2. The zero-order valence-electron chi connectivity index (χ0n) is 14.5. The second-order valence-electron chi connectivity index (χ2n) is 7.05. The fraction of sp³-hybridized carbons (Fsp3) is 0.300. The Hall–Kier alpha value is -2.46. The van der Waals surface area contributed by atoms with Crippen molar-refractivity contribution in [3.8, 4) is 11.3 Å². The number of hydrogen-bond acceptors (Lipinski definition) is 3. The Morgan fingerprint density at radius 3 is 2.54 bits per heavy atom. The molecular formula is C20H24N4. The molecule has 3 aromatic rings. The molecule has 24 heavy (non-hydrogen) atoms. The van der Waals surface area contributed by atoms with Crippen LogP contribution < -0.4 is 5.32 Å². The Morgan fingerprint density at radius 2 is 1.79 bits per heavy atom. The molecule has 0 saturated carbocycles. The largest absolute Gasteiger partial charge is 0.341 e. The van der Waals surface area contributed by atoms with Crippen LogP contribution in [0.2, 0.25) is 0 Å². The van der Waals surface area contributed by atoms with E-state index >= 15 is 0 Å². The summed E-state index contributed by atoms with van der Waals surface area (Å²) in [7, 11) is 0. The second-order valence-corrected chi connectivity index (χ2v) is 7.05. The molecule has 0 saturated heterocycles. The molecule has 0 amide bonds. The molecule has 0 spiro atoms. The van der Waals surface area contributed by atoms with Gasteiger partial charge in [0.2, 0.25) is 0 Å². The minimum Gasteiger partial charge on any atom is -0.341 e. The molecule has 0 fully saturated rings. The first-order valence-electron chi connectivity index (χ1n) is 8.27. The summed E-state index contributed by atoms with van der Waals surface area (Å²) >= 11 is 0. The summed E-state index contributed by atoms with van der Waals surface area (Å²) in [6, 6.07) is 12.5. The number of aromatic amines is 1. The van der Waals surface area contributed by atoms with Gasteiger partial charge in [-0.1, -0.05) is 57.2 Å². The first-order chi connectivity index (χ1) is 11.5. The van der Waals surface area contributed by atoms with Crippen LogP contribution in [0.5, 0.6) is 0 Å². The Labute approximate surface area is 143 Å². The van der Waals surface area contributed by atoms with Gasteiger partial charge in [-0.3, -0.25) is 4.98 Å². The molecular weight excluding hydrogens is 296 g/mol. The predicted octanol–water partition coefficient (Wildman–Crippen LogP) is 4.06. The lowest BCUT2D eigenvalue weighted by atomic mass is 9.88. The average Bonchev–Trinajstić information content (AvgIpc) is 3.04. The molecule has 124 valence electrons. The molecule has 0 aliphatic rings. The van der Waals surface area contributed by atoms with Crippen LogP contribution in [0.3, 0.4) is 0 Å². The van der Waals surface area contributed by atoms with Crippen molar-refractivity contribution in [1.29, 1.82) is 0 Å². The van der Waals surface area contributed by atoms with Crippen molar-refractivity contribution < 1.29 is 0 Å². The molecule has 0 bridgehead atoms. The first kappa shape index (κ1) is 16.4. The summed E-state index contributed by atoms with van der Waals surface area (Å²) < 4.78 is 0. The van der Waals surface area contributed by atoms with Crippen LogP contribution in [0, 0.1) is 0 Å². The third kappa shape index (κ3) is 4.09. The zero-order valence-corrected chi connectivity index (χ0v) is 14.5. The van der Waals surface area contributed by atoms with Gasteiger partial charge in [-0.15, -0.1) is 0 Å². The summed E-state index contributed by atoms with van der Waals surface area (Å²) in [5.41, 5.74) is 4.76. The van der Waals surface area contributed by atoms with Crippen LogP contribution in [0.25, 0.3) is 11.3 Å². The van der Waals surface area contributed by atoms with Crippen LogP contribution in [-0.2, 0) is 18.5 Å². The number of imidazole rings is 1. The van der Waals surface area contributed by atoms with Crippen LogP contribution in [-0.4, -0.2) is 15.0 Å². The van der Waals surface area contributed by atoms with Crippen LogP contribution in [0.1, 0.15) is 37.7 Å². The molecule has 2 N–H and O–H groups in total. The van der Waals surface area contributed by atoms with Crippen molar-refractivity contribution in [2.24, 2.45) is 0 Å². The van der Waals surface area contributed by atoms with Crippen molar-refractivity contribution in [2.75, 3.05) is 0 Å². The Morgan fingerprint density at radius 1 is 1.00 bits per heavy atom. The van der Waals surface area contributed by atoms with Crippen molar-refractivity contribution in [2.45, 2.75) is 39.3 Å². The molecule has 2 aromatic heterocycles. The van der Waals surface area contributed by atoms with Crippen LogP contribution >= 0.6 is 0 Å². The standard InChI is InChI=1S/C20H24N4/c1-20(2,3)17-9-15(10-21-12-17)11-22-14-19-23-13-18(24-19)16-7-5-4-6-8-16/h4-10,12-13,22H,11,14H2,1-3H3,(H,23,24). The van der Waals surface area contributed by atoms with Gasteiger partial charge < -0.3 is 10.3 Å². The molecule has 0 aliphatic heterocycles. The molecule has 0 radical (unpaired) electrons. The van der Waals surface area contributed by atoms with Crippen molar-refractivity contribution in [3.63, 3.8) is 0 Å². The van der Waals surface area contributed by atoms with Gasteiger partial charge in [-0.25, -0.2) is 4.98 Å². The smallest absolute Gasteiger partial charge is 0.120 e. The second kappa shape index (κ2) is 6.97. The first-order valence-corrected chi connectivity index (χ1v) is 8.27. The van der Waals surface area contributed by atoms with Gasteiger partial charge in [0.1, 0.15) is 5.82 Å². The lowest BCUT2D eigenvalue weighted by Gasteiger charge is -2.19. The van der Waals surface area contributed by atoms with Crippen LogP contribution in [0.15, 0.2) is 55.0 Å². The van der Waals surface area contributed by atoms with E-state index in [4.69, 9.17) is 0 Å². The van der Waals surface area contributed by atoms with E-state index in [0.29, 0.717) is 6.54 Å². The number of hydrogen-bond donors (Lipinski definition) is 2. The highest BCUT2D eigenvalue weighted by Gasteiger charge is 2.14. The monoisotopic (exact) mass is 320 g/mol. The summed E-state index contributed by atoms with van der Waals surface area (Å²) in [5.74, 6) is 0.939. The molecule has 1 aromatic carbocycles. The van der Waals surface area contributed by atoms with Gasteiger partial charge >= 0.3 is 0 Å². The minimum absolute atomic E-state index is 0.120. The van der Waals surface area contributed by atoms with E-state index in [0.717, 1.165) is 23.6 Å². The van der Waals surface area contributed by atoms with Gasteiger partial charge in [-0.2, -0.15) is 0 Å². The summed E-state index contributed by atoms with van der Waals surface area (Å²) in [6.45, 7) is 8.09. The lowest BCUT2D eigenvalue weighted by molar-refractivity contribution is 0.584. The van der Waals surface area contributed by atoms with Gasteiger partial charge in [0.15, 0.2) is 0 Å². The van der Waals surface area contributed by atoms with E-state index in [1.165, 1.54) is 11.1 Å². The zero-order chi connectivity index (χ0) is 17.0. The third-order valence-electron chi connectivity index (χ3n) is 4.00. The van der Waals surface area contributed by atoms with E-state index in [1.54, 1.807) is 0 Å². The maximum absolute atomic E-state index is 4.45. The highest BCUT2D eigenvalue weighted by atomic mass is 15.0. The normalized spacial score (nSPS) is 11.6. The van der Waals surface area contributed by atoms with Crippen molar-refractivity contribution >= 4 is 0 Å². The lowest BCUT2D eigenvalue weighted by Crippen LogP contribution is -2.16. The van der Waals surface area contributed by atoms with Crippen molar-refractivity contribution in [3.05, 3.63) is 71.9 Å². The number of benzene rings is 1. The number of aromatic nitrogens is 3. The predicted molar refractivity (Wildman–Crippen MR) is 97.5 cm³/mol. The van der Waals surface area contributed by atoms with Crippen molar-refractivity contribution in [1.82, 2.24) is 20.3 Å². The number of pyridine rings is 1. The number of nitrogens with zero attached hydrogens (tertiary/aromatic N) is 2. The molecule has 2 heterocycles. The highest BCUT2D eigenvalue weighted by molar-refractivity contribution is 5.57. The van der Waals surface area contributed by atoms with E-state index < -0.39 is 0 Å². The molecule has 4 nitrogen and oxygen atoms in total. The highest BCUT2D eigenvalue weighted by Crippen LogP contribution is 2.21. The summed E-state index contributed by atoms with van der Waals surface area (Å²) in [6.07, 6.45) is 5.75. The molecule has 3 rings (SSSR count). The number of rotatable bonds is 5. The molecule has 0 aliphatic carbocycles. The maximum Gasteiger partial charge on any atom is 0.120 e. The van der Waals surface area contributed by atoms with Gasteiger partial charge in [-0.05, 0) is 22.1 Å². The van der Waals surface area contributed by atoms with E-state index in [1.807, 2.05) is 36.8 Å². The van der Waals surface area contributed by atoms with Gasteiger partial charge in [0.25, 0.3) is 0 Å². The van der Waals surface area contributed by atoms with Crippen LogP contribution in [0.4, 0.5) is 0 Å². The minimum atomic E-state index is 0.120. The average molecular weight is 320 g/mol. The number of H-pyrrole nitrogens is 1. The van der Waals surface area contributed by atoms with Gasteiger partial charge in [0.05, 0.1) is 18.4 Å². The summed E-state index contributed by atoms with van der Waals surface area (Å²) in [4.78, 5) is 12.2. The molecule has 0 atom stereocenters. The molecule has 4 heteroatoms. The topological polar surface area (TPSA) is 53.6 Å². The fourth-order valence-corrected chi connectivity index (χ4v) is 2.54. The van der Waals surface area contributed by atoms with E-state index in [2.05, 4.69) is 59.2 Å².